The smallest absolute Gasteiger partial charge is 0.0564 e. The van der Waals surface area contributed by atoms with Crippen LogP contribution in [0, 0.1) is 11.8 Å². The van der Waals surface area contributed by atoms with Gasteiger partial charge in [0.1, 0.15) is 0 Å². The first-order chi connectivity index (χ1) is 8.81. The summed E-state index contributed by atoms with van der Waals surface area (Å²) in [5.41, 5.74) is 6.05. The van der Waals surface area contributed by atoms with E-state index in [1.54, 1.807) is 0 Å². The topological polar surface area (TPSA) is 29.3 Å². The van der Waals surface area contributed by atoms with Gasteiger partial charge >= 0.3 is 0 Å². The molecule has 2 heterocycles. The minimum Gasteiger partial charge on any atom is -0.329 e. The SMILES string of the molecule is CCc1ccc(C(CN)N2CC3CCCC3C2)s1. The van der Waals surface area contributed by atoms with E-state index in [9.17, 15) is 0 Å². The fraction of sp³-hybridized carbons (Fsp3) is 0.733. The third-order valence-electron chi connectivity index (χ3n) is 4.78. The highest BCUT2D eigenvalue weighted by atomic mass is 32.1. The molecule has 3 atom stereocenters. The summed E-state index contributed by atoms with van der Waals surface area (Å²) in [7, 11) is 0. The molecule has 0 amide bonds. The van der Waals surface area contributed by atoms with Gasteiger partial charge in [0.15, 0.2) is 0 Å². The second-order valence-corrected chi connectivity index (χ2v) is 7.01. The summed E-state index contributed by atoms with van der Waals surface area (Å²) in [5.74, 6) is 1.93. The largest absolute Gasteiger partial charge is 0.329 e. The van der Waals surface area contributed by atoms with Crippen molar-refractivity contribution in [2.45, 2.75) is 38.6 Å². The van der Waals surface area contributed by atoms with Crippen LogP contribution in [-0.4, -0.2) is 24.5 Å². The van der Waals surface area contributed by atoms with Gasteiger partial charge in [0, 0.05) is 29.4 Å². The quantitative estimate of drug-likeness (QED) is 0.905. The van der Waals surface area contributed by atoms with Gasteiger partial charge in [0.2, 0.25) is 0 Å². The number of nitrogens with zero attached hydrogens (tertiary/aromatic N) is 1. The zero-order valence-electron chi connectivity index (χ0n) is 11.3. The van der Waals surface area contributed by atoms with E-state index in [0.29, 0.717) is 6.04 Å². The Morgan fingerprint density at radius 2 is 2.06 bits per heavy atom. The molecule has 0 bridgehead atoms. The Morgan fingerprint density at radius 3 is 2.61 bits per heavy atom. The second-order valence-electron chi connectivity index (χ2n) is 5.81. The van der Waals surface area contributed by atoms with Gasteiger partial charge in [0.25, 0.3) is 0 Å². The maximum absolute atomic E-state index is 6.05. The predicted octanol–water partition coefficient (Wildman–Crippen LogP) is 3.04. The van der Waals surface area contributed by atoms with Gasteiger partial charge in [-0.2, -0.15) is 0 Å². The van der Waals surface area contributed by atoms with Crippen LogP contribution in [0.15, 0.2) is 12.1 Å². The number of nitrogens with two attached hydrogens (primary N) is 1. The lowest BCUT2D eigenvalue weighted by atomic mass is 10.0. The van der Waals surface area contributed by atoms with E-state index in [2.05, 4.69) is 24.0 Å². The molecule has 3 rings (SSSR count). The van der Waals surface area contributed by atoms with E-state index < -0.39 is 0 Å². The first-order valence-corrected chi connectivity index (χ1v) is 8.16. The van der Waals surface area contributed by atoms with Crippen molar-refractivity contribution >= 4 is 11.3 Å². The summed E-state index contributed by atoms with van der Waals surface area (Å²) in [4.78, 5) is 5.62. The van der Waals surface area contributed by atoms with Gasteiger partial charge in [-0.1, -0.05) is 13.3 Å². The van der Waals surface area contributed by atoms with Crippen molar-refractivity contribution in [1.82, 2.24) is 4.90 Å². The molecular formula is C15H24N2S. The minimum absolute atomic E-state index is 0.473. The molecular weight excluding hydrogens is 240 g/mol. The molecule has 0 aromatic carbocycles. The molecule has 2 aliphatic rings. The number of hydrogen-bond acceptors (Lipinski definition) is 3. The average molecular weight is 264 g/mol. The fourth-order valence-electron chi connectivity index (χ4n) is 3.73. The van der Waals surface area contributed by atoms with Crippen molar-refractivity contribution in [1.29, 1.82) is 0 Å². The normalized spacial score (nSPS) is 29.7. The maximum atomic E-state index is 6.05. The monoisotopic (exact) mass is 264 g/mol. The lowest BCUT2D eigenvalue weighted by Gasteiger charge is -2.26. The van der Waals surface area contributed by atoms with Crippen LogP contribution in [0.3, 0.4) is 0 Å². The van der Waals surface area contributed by atoms with Gasteiger partial charge < -0.3 is 5.73 Å². The summed E-state index contributed by atoms with van der Waals surface area (Å²) in [5, 5.41) is 0. The van der Waals surface area contributed by atoms with Crippen LogP contribution in [0.25, 0.3) is 0 Å². The molecule has 1 aliphatic heterocycles. The summed E-state index contributed by atoms with van der Waals surface area (Å²) in [6.07, 6.45) is 5.49. The Morgan fingerprint density at radius 1 is 1.33 bits per heavy atom. The van der Waals surface area contributed by atoms with Crippen molar-refractivity contribution in [3.05, 3.63) is 21.9 Å². The zero-order chi connectivity index (χ0) is 12.5. The Bertz CT molecular complexity index is 389. The van der Waals surface area contributed by atoms with Crippen molar-refractivity contribution in [2.75, 3.05) is 19.6 Å². The van der Waals surface area contributed by atoms with E-state index in [4.69, 9.17) is 5.73 Å². The predicted molar refractivity (Wildman–Crippen MR) is 77.9 cm³/mol. The van der Waals surface area contributed by atoms with Crippen molar-refractivity contribution in [3.63, 3.8) is 0 Å². The number of aryl methyl sites for hydroxylation is 1. The van der Waals surface area contributed by atoms with Crippen LogP contribution in [0.4, 0.5) is 0 Å². The Kier molecular flexibility index (Phi) is 3.73. The third kappa shape index (κ3) is 2.24. The highest BCUT2D eigenvalue weighted by Gasteiger charge is 2.38. The molecule has 1 aliphatic carbocycles. The first-order valence-electron chi connectivity index (χ1n) is 7.34. The minimum atomic E-state index is 0.473. The van der Waals surface area contributed by atoms with E-state index in [0.717, 1.165) is 24.8 Å². The molecule has 2 nitrogen and oxygen atoms in total. The molecule has 2 fully saturated rings. The number of fused-ring (bicyclic) bond motifs is 1. The molecule has 1 aromatic rings. The highest BCUT2D eigenvalue weighted by Crippen LogP contribution is 2.41. The maximum Gasteiger partial charge on any atom is 0.0564 e. The van der Waals surface area contributed by atoms with Gasteiger partial charge in [-0.15, -0.1) is 11.3 Å². The summed E-state index contributed by atoms with van der Waals surface area (Å²) >= 11 is 1.96. The van der Waals surface area contributed by atoms with Crippen LogP contribution in [-0.2, 0) is 6.42 Å². The second kappa shape index (κ2) is 5.32. The Labute approximate surface area is 114 Å². The van der Waals surface area contributed by atoms with Crippen LogP contribution >= 0.6 is 11.3 Å². The van der Waals surface area contributed by atoms with E-state index in [-0.39, 0.29) is 0 Å². The first kappa shape index (κ1) is 12.6. The summed E-state index contributed by atoms with van der Waals surface area (Å²) in [6.45, 7) is 5.56. The van der Waals surface area contributed by atoms with Crippen LogP contribution < -0.4 is 5.73 Å². The highest BCUT2D eigenvalue weighted by molar-refractivity contribution is 7.12. The van der Waals surface area contributed by atoms with Crippen LogP contribution in [0.5, 0.6) is 0 Å². The Hall–Kier alpha value is -0.380. The van der Waals surface area contributed by atoms with Crippen molar-refractivity contribution < 1.29 is 0 Å². The molecule has 1 saturated heterocycles. The summed E-state index contributed by atoms with van der Waals surface area (Å²) < 4.78 is 0. The number of rotatable bonds is 4. The van der Waals surface area contributed by atoms with Gasteiger partial charge in [0.05, 0.1) is 6.04 Å². The molecule has 0 spiro atoms. The number of likely N-dealkylation sites (tertiary alicyclic amines) is 1. The van der Waals surface area contributed by atoms with Crippen LogP contribution in [0.2, 0.25) is 0 Å². The molecule has 100 valence electrons. The van der Waals surface area contributed by atoms with E-state index in [1.807, 2.05) is 11.3 Å². The van der Waals surface area contributed by atoms with Gasteiger partial charge in [-0.05, 0) is 43.2 Å². The lowest BCUT2D eigenvalue weighted by molar-refractivity contribution is 0.235. The van der Waals surface area contributed by atoms with Crippen molar-refractivity contribution in [3.8, 4) is 0 Å². The number of thiophene rings is 1. The van der Waals surface area contributed by atoms with E-state index in [1.165, 1.54) is 42.1 Å². The standard InChI is InChI=1S/C15H24N2S/c1-2-13-6-7-15(18-13)14(8-16)17-9-11-4-3-5-12(11)10-17/h6-7,11-12,14H,2-5,8-10,16H2,1H3. The zero-order valence-corrected chi connectivity index (χ0v) is 12.1. The molecule has 3 heteroatoms. The lowest BCUT2D eigenvalue weighted by Crippen LogP contribution is -2.32. The Balaban J connectivity index is 1.72. The molecule has 0 radical (unpaired) electrons. The van der Waals surface area contributed by atoms with Crippen LogP contribution in [0.1, 0.15) is 42.0 Å². The average Bonchev–Trinajstić information content (AvgIpc) is 3.04. The summed E-state index contributed by atoms with van der Waals surface area (Å²) in [6, 6.07) is 5.05. The van der Waals surface area contributed by atoms with Crippen molar-refractivity contribution in [2.24, 2.45) is 17.6 Å². The molecule has 3 unspecified atom stereocenters. The molecule has 1 saturated carbocycles. The van der Waals surface area contributed by atoms with E-state index >= 15 is 0 Å². The molecule has 2 N–H and O–H groups in total. The number of hydrogen-bond donors (Lipinski definition) is 1. The molecule has 1 aromatic heterocycles. The fourth-order valence-corrected chi connectivity index (χ4v) is 4.84. The molecule has 18 heavy (non-hydrogen) atoms. The van der Waals surface area contributed by atoms with Gasteiger partial charge in [-0.3, -0.25) is 4.90 Å². The van der Waals surface area contributed by atoms with Gasteiger partial charge in [-0.25, -0.2) is 0 Å². The third-order valence-corrected chi connectivity index (χ3v) is 6.11.